The third kappa shape index (κ3) is 3.39. The van der Waals surface area contributed by atoms with Crippen molar-refractivity contribution in [2.75, 3.05) is 6.54 Å². The van der Waals surface area contributed by atoms with E-state index in [1.54, 1.807) is 0 Å². The highest BCUT2D eigenvalue weighted by Gasteiger charge is 2.27. The Morgan fingerprint density at radius 1 is 1.64 bits per heavy atom. The molecule has 0 bridgehead atoms. The summed E-state index contributed by atoms with van der Waals surface area (Å²) in [4.78, 5) is 11.5. The van der Waals surface area contributed by atoms with Crippen LogP contribution in [-0.4, -0.2) is 24.7 Å². The van der Waals surface area contributed by atoms with Crippen molar-refractivity contribution in [2.45, 2.75) is 44.8 Å². The second kappa shape index (κ2) is 5.66. The fourth-order valence-electron chi connectivity index (χ4n) is 1.51. The van der Waals surface area contributed by atoms with Gasteiger partial charge in [0, 0.05) is 13.0 Å². The van der Waals surface area contributed by atoms with Crippen LogP contribution in [0, 0.1) is 12.3 Å². The van der Waals surface area contributed by atoms with Crippen LogP contribution in [-0.2, 0) is 9.53 Å². The minimum Gasteiger partial charge on any atom is -0.365 e. The summed E-state index contributed by atoms with van der Waals surface area (Å²) in [6, 6.07) is 0. The van der Waals surface area contributed by atoms with Crippen LogP contribution >= 0.6 is 0 Å². The lowest BCUT2D eigenvalue weighted by Crippen LogP contribution is -2.35. The highest BCUT2D eigenvalue weighted by atomic mass is 16.5. The molecule has 14 heavy (non-hydrogen) atoms. The number of nitrogens with one attached hydrogen (secondary N) is 1. The first-order chi connectivity index (χ1) is 6.74. The molecule has 3 heteroatoms. The van der Waals surface area contributed by atoms with Crippen LogP contribution in [0.25, 0.3) is 0 Å². The van der Waals surface area contributed by atoms with Gasteiger partial charge in [-0.25, -0.2) is 0 Å². The number of terminal acetylenes is 1. The van der Waals surface area contributed by atoms with Crippen molar-refractivity contribution in [3.63, 3.8) is 0 Å². The van der Waals surface area contributed by atoms with Gasteiger partial charge in [-0.2, -0.15) is 0 Å². The Hall–Kier alpha value is -1.01. The summed E-state index contributed by atoms with van der Waals surface area (Å²) in [6.07, 6.45) is 8.44. The van der Waals surface area contributed by atoms with Crippen molar-refractivity contribution in [3.05, 3.63) is 0 Å². The van der Waals surface area contributed by atoms with Crippen molar-refractivity contribution in [1.29, 1.82) is 0 Å². The molecule has 2 unspecified atom stereocenters. The molecule has 0 aromatic carbocycles. The maximum absolute atomic E-state index is 11.5. The van der Waals surface area contributed by atoms with Gasteiger partial charge in [-0.05, 0) is 26.2 Å². The van der Waals surface area contributed by atoms with Crippen LogP contribution in [0.3, 0.4) is 0 Å². The van der Waals surface area contributed by atoms with E-state index < -0.39 is 0 Å². The van der Waals surface area contributed by atoms with E-state index in [0.717, 1.165) is 19.3 Å². The van der Waals surface area contributed by atoms with Gasteiger partial charge in [0.25, 0.3) is 0 Å². The van der Waals surface area contributed by atoms with Crippen LogP contribution in [0.15, 0.2) is 0 Å². The van der Waals surface area contributed by atoms with Gasteiger partial charge < -0.3 is 10.1 Å². The minimum absolute atomic E-state index is 0.00590. The van der Waals surface area contributed by atoms with Gasteiger partial charge in [0.1, 0.15) is 6.10 Å². The largest absolute Gasteiger partial charge is 0.365 e. The van der Waals surface area contributed by atoms with E-state index in [1.165, 1.54) is 0 Å². The van der Waals surface area contributed by atoms with Crippen molar-refractivity contribution in [1.82, 2.24) is 5.32 Å². The summed E-state index contributed by atoms with van der Waals surface area (Å²) >= 11 is 0. The first kappa shape index (κ1) is 11.1. The van der Waals surface area contributed by atoms with Crippen LogP contribution in [0.5, 0.6) is 0 Å². The molecule has 0 radical (unpaired) electrons. The van der Waals surface area contributed by atoms with Gasteiger partial charge in [-0.1, -0.05) is 0 Å². The predicted molar refractivity (Wildman–Crippen MR) is 54.6 cm³/mol. The number of carbonyl (C=O) groups is 1. The van der Waals surface area contributed by atoms with E-state index in [2.05, 4.69) is 11.2 Å². The quantitative estimate of drug-likeness (QED) is 0.538. The smallest absolute Gasteiger partial charge is 0.249 e. The number of rotatable bonds is 4. The molecule has 1 heterocycles. The Bertz CT molecular complexity index is 232. The average Bonchev–Trinajstić information content (AvgIpc) is 2.59. The minimum atomic E-state index is -0.240. The monoisotopic (exact) mass is 195 g/mol. The Kier molecular flexibility index (Phi) is 4.48. The van der Waals surface area contributed by atoms with Crippen molar-refractivity contribution in [3.8, 4) is 12.3 Å². The first-order valence-corrected chi connectivity index (χ1v) is 5.10. The van der Waals surface area contributed by atoms with Crippen LogP contribution in [0.1, 0.15) is 32.6 Å². The molecule has 3 nitrogen and oxygen atoms in total. The van der Waals surface area contributed by atoms with Crippen LogP contribution in [0.4, 0.5) is 0 Å². The highest BCUT2D eigenvalue weighted by Crippen LogP contribution is 2.18. The van der Waals surface area contributed by atoms with Gasteiger partial charge in [0.2, 0.25) is 5.91 Å². The number of amides is 1. The molecule has 2 atom stereocenters. The maximum Gasteiger partial charge on any atom is 0.249 e. The zero-order chi connectivity index (χ0) is 10.4. The van der Waals surface area contributed by atoms with Crippen molar-refractivity contribution in [2.24, 2.45) is 0 Å². The fourth-order valence-corrected chi connectivity index (χ4v) is 1.51. The molecular formula is C11H17NO2. The van der Waals surface area contributed by atoms with Gasteiger partial charge in [0.15, 0.2) is 0 Å². The number of carbonyl (C=O) groups excluding carboxylic acids is 1. The second-order valence-corrected chi connectivity index (χ2v) is 3.61. The zero-order valence-corrected chi connectivity index (χ0v) is 8.58. The molecular weight excluding hydrogens is 178 g/mol. The third-order valence-electron chi connectivity index (χ3n) is 2.32. The fraction of sp³-hybridized carbons (Fsp3) is 0.727. The average molecular weight is 195 g/mol. The lowest BCUT2D eigenvalue weighted by atomic mass is 10.2. The normalized spacial score (nSPS) is 25.7. The van der Waals surface area contributed by atoms with E-state index in [-0.39, 0.29) is 18.1 Å². The molecule has 0 saturated carbocycles. The molecule has 1 rings (SSSR count). The molecule has 0 aromatic rings. The Labute approximate surface area is 85.2 Å². The summed E-state index contributed by atoms with van der Waals surface area (Å²) < 4.78 is 5.43. The molecule has 0 spiro atoms. The SMILES string of the molecule is C#CCCCNC(=O)C1CCC(C)O1. The Morgan fingerprint density at radius 3 is 3.00 bits per heavy atom. The number of ether oxygens (including phenoxy) is 1. The van der Waals surface area contributed by atoms with Crippen molar-refractivity contribution >= 4 is 5.91 Å². The van der Waals surface area contributed by atoms with Gasteiger partial charge in [-0.15, -0.1) is 12.3 Å². The Balaban J connectivity index is 2.13. The van der Waals surface area contributed by atoms with E-state index in [0.29, 0.717) is 13.0 Å². The predicted octanol–water partition coefficient (Wildman–Crippen LogP) is 1.08. The molecule has 1 amide bonds. The number of hydrogen-bond donors (Lipinski definition) is 1. The zero-order valence-electron chi connectivity index (χ0n) is 8.58. The highest BCUT2D eigenvalue weighted by molar-refractivity contribution is 5.80. The summed E-state index contributed by atoms with van der Waals surface area (Å²) in [7, 11) is 0. The van der Waals surface area contributed by atoms with Gasteiger partial charge in [-0.3, -0.25) is 4.79 Å². The number of hydrogen-bond acceptors (Lipinski definition) is 2. The third-order valence-corrected chi connectivity index (χ3v) is 2.32. The summed E-state index contributed by atoms with van der Waals surface area (Å²) in [5.41, 5.74) is 0. The summed E-state index contributed by atoms with van der Waals surface area (Å²) in [5.74, 6) is 2.54. The molecule has 0 aromatic heterocycles. The topological polar surface area (TPSA) is 38.3 Å². The van der Waals surface area contributed by atoms with Crippen LogP contribution < -0.4 is 5.32 Å². The summed E-state index contributed by atoms with van der Waals surface area (Å²) in [6.45, 7) is 2.64. The molecule has 0 aliphatic carbocycles. The number of unbranched alkanes of at least 4 members (excludes halogenated alkanes) is 1. The first-order valence-electron chi connectivity index (χ1n) is 5.10. The van der Waals surface area contributed by atoms with Crippen LogP contribution in [0.2, 0.25) is 0 Å². The van der Waals surface area contributed by atoms with Gasteiger partial charge >= 0.3 is 0 Å². The molecule has 1 fully saturated rings. The maximum atomic E-state index is 11.5. The second-order valence-electron chi connectivity index (χ2n) is 3.61. The molecule has 78 valence electrons. The van der Waals surface area contributed by atoms with E-state index in [4.69, 9.17) is 11.2 Å². The van der Waals surface area contributed by atoms with E-state index in [1.807, 2.05) is 6.92 Å². The van der Waals surface area contributed by atoms with Gasteiger partial charge in [0.05, 0.1) is 6.10 Å². The van der Waals surface area contributed by atoms with Crippen molar-refractivity contribution < 1.29 is 9.53 Å². The van der Waals surface area contributed by atoms with E-state index >= 15 is 0 Å². The lowest BCUT2D eigenvalue weighted by molar-refractivity contribution is -0.131. The standard InChI is InChI=1S/C11H17NO2/c1-3-4-5-8-12-11(13)10-7-6-9(2)14-10/h1,9-10H,4-8H2,2H3,(H,12,13). The van der Waals surface area contributed by atoms with E-state index in [9.17, 15) is 4.79 Å². The Morgan fingerprint density at radius 2 is 2.43 bits per heavy atom. The molecule has 1 aliphatic rings. The summed E-state index contributed by atoms with van der Waals surface area (Å²) in [5, 5.41) is 2.82. The molecule has 1 N–H and O–H groups in total. The lowest BCUT2D eigenvalue weighted by Gasteiger charge is -2.10. The molecule has 1 aliphatic heterocycles. The molecule has 1 saturated heterocycles.